The lowest BCUT2D eigenvalue weighted by molar-refractivity contribution is -0.385. The summed E-state index contributed by atoms with van der Waals surface area (Å²) in [6.45, 7) is 5.32. The number of ketones is 1. The fraction of sp³-hybridized carbons (Fsp3) is 0.263. The first-order valence-electron chi connectivity index (χ1n) is 8.06. The van der Waals surface area contributed by atoms with Crippen molar-refractivity contribution in [3.05, 3.63) is 69.3 Å². The van der Waals surface area contributed by atoms with Crippen LogP contribution in [0.4, 0.5) is 5.69 Å². The second-order valence-corrected chi connectivity index (χ2v) is 5.65. The van der Waals surface area contributed by atoms with E-state index in [2.05, 4.69) is 0 Å². The van der Waals surface area contributed by atoms with E-state index in [1.807, 2.05) is 6.92 Å². The monoisotopic (exact) mass is 357 g/mol. The molecule has 2 aromatic carbocycles. The predicted molar refractivity (Wildman–Crippen MR) is 94.7 cm³/mol. The molecule has 0 heterocycles. The highest BCUT2D eigenvalue weighted by molar-refractivity contribution is 6.01. The van der Waals surface area contributed by atoms with Gasteiger partial charge in [0.2, 0.25) is 5.78 Å². The van der Waals surface area contributed by atoms with Gasteiger partial charge in [-0.05, 0) is 32.9 Å². The van der Waals surface area contributed by atoms with Gasteiger partial charge in [-0.15, -0.1) is 0 Å². The van der Waals surface area contributed by atoms with Gasteiger partial charge in [0.1, 0.15) is 0 Å². The molecule has 0 fully saturated rings. The second-order valence-electron chi connectivity index (χ2n) is 5.65. The molecular formula is C19H19NO6. The lowest BCUT2D eigenvalue weighted by atomic mass is 10.1. The molecule has 7 heteroatoms. The zero-order valence-corrected chi connectivity index (χ0v) is 14.7. The lowest BCUT2D eigenvalue weighted by Gasteiger charge is -2.13. The number of nitro benzene ring substituents is 1. The Labute approximate surface area is 150 Å². The summed E-state index contributed by atoms with van der Waals surface area (Å²) >= 11 is 0. The average molecular weight is 357 g/mol. The molecule has 0 radical (unpaired) electrons. The topological polar surface area (TPSA) is 95.7 Å². The van der Waals surface area contributed by atoms with E-state index in [1.165, 1.54) is 19.1 Å². The molecule has 1 atom stereocenters. The van der Waals surface area contributed by atoms with Crippen LogP contribution in [0.5, 0.6) is 5.75 Å². The van der Waals surface area contributed by atoms with E-state index in [1.54, 1.807) is 31.2 Å². The highest BCUT2D eigenvalue weighted by atomic mass is 16.6. The van der Waals surface area contributed by atoms with E-state index in [0.29, 0.717) is 5.56 Å². The van der Waals surface area contributed by atoms with Crippen LogP contribution < -0.4 is 4.74 Å². The molecule has 2 rings (SSSR count). The maximum Gasteiger partial charge on any atom is 0.339 e. The molecule has 0 aliphatic rings. The number of esters is 1. The third-order valence-corrected chi connectivity index (χ3v) is 3.68. The van der Waals surface area contributed by atoms with Gasteiger partial charge in [0.05, 0.1) is 17.1 Å². The molecule has 2 aromatic rings. The highest BCUT2D eigenvalue weighted by Crippen LogP contribution is 2.28. The standard InChI is InChI=1S/C19H19NO6/c1-4-25-17-10-9-15(11-16(17)20(23)24)19(22)26-13(3)18(21)14-7-5-12(2)6-8-14/h5-11,13H,4H2,1-3H3/t13-/m0/s1. The molecule has 0 saturated carbocycles. The van der Waals surface area contributed by atoms with Crippen molar-refractivity contribution in [3.8, 4) is 5.75 Å². The van der Waals surface area contributed by atoms with Crippen LogP contribution in [0.15, 0.2) is 42.5 Å². The molecule has 7 nitrogen and oxygen atoms in total. The van der Waals surface area contributed by atoms with Crippen molar-refractivity contribution in [3.63, 3.8) is 0 Å². The summed E-state index contributed by atoms with van der Waals surface area (Å²) in [5.41, 5.74) is 1.07. The number of rotatable bonds is 7. The number of benzene rings is 2. The molecule has 0 bridgehead atoms. The van der Waals surface area contributed by atoms with Crippen LogP contribution in [0.25, 0.3) is 0 Å². The molecule has 0 spiro atoms. The van der Waals surface area contributed by atoms with Gasteiger partial charge in [0.15, 0.2) is 11.9 Å². The van der Waals surface area contributed by atoms with Crippen molar-refractivity contribution in [2.75, 3.05) is 6.61 Å². The van der Waals surface area contributed by atoms with E-state index in [0.717, 1.165) is 11.6 Å². The number of ether oxygens (including phenoxy) is 2. The minimum absolute atomic E-state index is 0.0243. The van der Waals surface area contributed by atoms with Crippen LogP contribution in [0, 0.1) is 17.0 Å². The van der Waals surface area contributed by atoms with Crippen molar-refractivity contribution >= 4 is 17.4 Å². The zero-order valence-electron chi connectivity index (χ0n) is 14.7. The molecule has 136 valence electrons. The Morgan fingerprint density at radius 1 is 1.12 bits per heavy atom. The summed E-state index contributed by atoms with van der Waals surface area (Å²) < 4.78 is 10.3. The number of hydrogen-bond donors (Lipinski definition) is 0. The van der Waals surface area contributed by atoms with Crippen LogP contribution in [0.2, 0.25) is 0 Å². The Kier molecular flexibility index (Phi) is 6.06. The van der Waals surface area contributed by atoms with Gasteiger partial charge in [-0.1, -0.05) is 29.8 Å². The Hall–Kier alpha value is -3.22. The molecule has 0 saturated heterocycles. The number of nitrogens with zero attached hydrogens (tertiary/aromatic N) is 1. The fourth-order valence-corrected chi connectivity index (χ4v) is 2.30. The largest absolute Gasteiger partial charge is 0.487 e. The molecular weight excluding hydrogens is 338 g/mol. The van der Waals surface area contributed by atoms with Crippen molar-refractivity contribution in [1.29, 1.82) is 0 Å². The van der Waals surface area contributed by atoms with Gasteiger partial charge >= 0.3 is 11.7 Å². The summed E-state index contributed by atoms with van der Waals surface area (Å²) in [5.74, 6) is -1.10. The molecule has 0 amide bonds. The van der Waals surface area contributed by atoms with Crippen molar-refractivity contribution in [2.45, 2.75) is 26.9 Å². The Morgan fingerprint density at radius 2 is 1.73 bits per heavy atom. The summed E-state index contributed by atoms with van der Waals surface area (Å²) in [7, 11) is 0. The number of aryl methyl sites for hydroxylation is 1. The predicted octanol–water partition coefficient (Wildman–Crippen LogP) is 3.73. The number of nitro groups is 1. The smallest absolute Gasteiger partial charge is 0.339 e. The van der Waals surface area contributed by atoms with Crippen LogP contribution in [-0.2, 0) is 4.74 Å². The van der Waals surface area contributed by atoms with Gasteiger partial charge in [-0.3, -0.25) is 14.9 Å². The van der Waals surface area contributed by atoms with E-state index in [9.17, 15) is 19.7 Å². The van der Waals surface area contributed by atoms with E-state index < -0.39 is 17.0 Å². The summed E-state index contributed by atoms with van der Waals surface area (Å²) in [4.78, 5) is 35.1. The average Bonchev–Trinajstić information content (AvgIpc) is 2.62. The summed E-state index contributed by atoms with van der Waals surface area (Å²) in [6, 6.07) is 10.7. The zero-order chi connectivity index (χ0) is 19.3. The maximum atomic E-state index is 12.3. The van der Waals surface area contributed by atoms with Gasteiger partial charge in [0, 0.05) is 11.6 Å². The molecule has 0 N–H and O–H groups in total. The van der Waals surface area contributed by atoms with Crippen molar-refractivity contribution < 1.29 is 24.0 Å². The van der Waals surface area contributed by atoms with Gasteiger partial charge in [-0.25, -0.2) is 4.79 Å². The molecule has 0 aliphatic carbocycles. The van der Waals surface area contributed by atoms with Crippen LogP contribution in [-0.4, -0.2) is 29.4 Å². The second kappa shape index (κ2) is 8.24. The van der Waals surface area contributed by atoms with Crippen molar-refractivity contribution in [1.82, 2.24) is 0 Å². The van der Waals surface area contributed by atoms with Gasteiger partial charge < -0.3 is 9.47 Å². The molecule has 26 heavy (non-hydrogen) atoms. The lowest BCUT2D eigenvalue weighted by Crippen LogP contribution is -2.24. The molecule has 0 aromatic heterocycles. The SMILES string of the molecule is CCOc1ccc(C(=O)O[C@@H](C)C(=O)c2ccc(C)cc2)cc1[N+](=O)[O-]. The van der Waals surface area contributed by atoms with E-state index in [-0.39, 0.29) is 29.4 Å². The van der Waals surface area contributed by atoms with E-state index in [4.69, 9.17) is 9.47 Å². The Bertz CT molecular complexity index is 828. The number of hydrogen-bond acceptors (Lipinski definition) is 6. The Balaban J connectivity index is 2.16. The summed E-state index contributed by atoms with van der Waals surface area (Å²) in [6.07, 6.45) is -1.02. The quantitative estimate of drug-likeness (QED) is 0.324. The van der Waals surface area contributed by atoms with Crippen LogP contribution in [0.3, 0.4) is 0 Å². The first kappa shape index (κ1) is 19.1. The minimum atomic E-state index is -1.02. The molecule has 0 unspecified atom stereocenters. The Morgan fingerprint density at radius 3 is 2.31 bits per heavy atom. The number of Topliss-reactive ketones (excluding diaryl/α,β-unsaturated/α-hetero) is 1. The fourth-order valence-electron chi connectivity index (χ4n) is 2.30. The third kappa shape index (κ3) is 4.44. The first-order chi connectivity index (χ1) is 12.3. The number of carbonyl (C=O) groups excluding carboxylic acids is 2. The molecule has 0 aliphatic heterocycles. The third-order valence-electron chi connectivity index (χ3n) is 3.68. The van der Waals surface area contributed by atoms with Gasteiger partial charge in [0.25, 0.3) is 0 Å². The summed E-state index contributed by atoms with van der Waals surface area (Å²) in [5, 5.41) is 11.1. The van der Waals surface area contributed by atoms with Crippen LogP contribution >= 0.6 is 0 Å². The first-order valence-corrected chi connectivity index (χ1v) is 8.06. The minimum Gasteiger partial charge on any atom is -0.487 e. The number of carbonyl (C=O) groups is 2. The van der Waals surface area contributed by atoms with E-state index >= 15 is 0 Å². The van der Waals surface area contributed by atoms with Gasteiger partial charge in [-0.2, -0.15) is 0 Å². The highest BCUT2D eigenvalue weighted by Gasteiger charge is 2.23. The normalized spacial score (nSPS) is 11.5. The van der Waals surface area contributed by atoms with Crippen LogP contribution in [0.1, 0.15) is 40.1 Å². The maximum absolute atomic E-state index is 12.3. The van der Waals surface area contributed by atoms with Crippen molar-refractivity contribution in [2.24, 2.45) is 0 Å².